The lowest BCUT2D eigenvalue weighted by Gasteiger charge is -2.31. The summed E-state index contributed by atoms with van der Waals surface area (Å²) in [5.74, 6) is -0.521. The number of nitrogens with zero attached hydrogens (tertiary/aromatic N) is 1. The van der Waals surface area contributed by atoms with E-state index >= 15 is 0 Å². The Morgan fingerprint density at radius 3 is 2.59 bits per heavy atom. The molecule has 2 aliphatic rings. The van der Waals surface area contributed by atoms with Crippen molar-refractivity contribution in [1.82, 2.24) is 4.31 Å². The molecule has 7 nitrogen and oxygen atoms in total. The van der Waals surface area contributed by atoms with Gasteiger partial charge in [0.25, 0.3) is 0 Å². The first-order chi connectivity index (χ1) is 15.1. The van der Waals surface area contributed by atoms with E-state index in [0.717, 1.165) is 10.5 Å². The summed E-state index contributed by atoms with van der Waals surface area (Å²) >= 11 is 7.38. The number of aryl methyl sites for hydroxylation is 1. The van der Waals surface area contributed by atoms with Crippen LogP contribution in [0.15, 0.2) is 46.2 Å². The van der Waals surface area contributed by atoms with E-state index in [0.29, 0.717) is 29.2 Å². The number of carbonyl (C=O) groups is 2. The van der Waals surface area contributed by atoms with Crippen molar-refractivity contribution in [3.05, 3.63) is 47.0 Å². The van der Waals surface area contributed by atoms with Gasteiger partial charge < -0.3 is 10.6 Å². The van der Waals surface area contributed by atoms with Gasteiger partial charge in [0, 0.05) is 34.6 Å². The first-order valence-electron chi connectivity index (χ1n) is 10.3. The summed E-state index contributed by atoms with van der Waals surface area (Å²) in [4.78, 5) is 25.6. The zero-order chi connectivity index (χ0) is 23.0. The van der Waals surface area contributed by atoms with E-state index in [4.69, 9.17) is 11.6 Å². The average Bonchev–Trinajstić information content (AvgIpc) is 2.76. The zero-order valence-corrected chi connectivity index (χ0v) is 20.1. The first-order valence-corrected chi connectivity index (χ1v) is 13.0. The van der Waals surface area contributed by atoms with Gasteiger partial charge in [-0.05, 0) is 68.7 Å². The van der Waals surface area contributed by atoms with Crippen molar-refractivity contribution < 1.29 is 18.0 Å². The molecule has 0 radical (unpaired) electrons. The Labute approximate surface area is 196 Å². The molecule has 1 fully saturated rings. The van der Waals surface area contributed by atoms with Crippen LogP contribution in [-0.2, 0) is 19.6 Å². The molecular formula is C22H24ClN3O4S2. The van der Waals surface area contributed by atoms with Gasteiger partial charge in [0.15, 0.2) is 0 Å². The molecule has 2 N–H and O–H groups in total. The van der Waals surface area contributed by atoms with Crippen molar-refractivity contribution >= 4 is 56.6 Å². The van der Waals surface area contributed by atoms with Crippen LogP contribution in [0.3, 0.4) is 0 Å². The minimum Gasteiger partial charge on any atom is -0.326 e. The molecule has 10 heteroatoms. The number of hydrogen-bond acceptors (Lipinski definition) is 5. The van der Waals surface area contributed by atoms with Gasteiger partial charge in [-0.15, -0.1) is 11.8 Å². The third kappa shape index (κ3) is 4.66. The molecule has 0 saturated carbocycles. The average molecular weight is 494 g/mol. The van der Waals surface area contributed by atoms with E-state index in [1.807, 2.05) is 13.8 Å². The Kier molecular flexibility index (Phi) is 6.53. The molecule has 2 heterocycles. The van der Waals surface area contributed by atoms with Crippen LogP contribution in [0.1, 0.15) is 25.3 Å². The second-order valence-electron chi connectivity index (χ2n) is 8.03. The number of amides is 2. The van der Waals surface area contributed by atoms with Gasteiger partial charge in [-0.1, -0.05) is 11.6 Å². The zero-order valence-electron chi connectivity index (χ0n) is 17.7. The van der Waals surface area contributed by atoms with Crippen LogP contribution in [-0.4, -0.2) is 42.9 Å². The summed E-state index contributed by atoms with van der Waals surface area (Å²) in [6.45, 7) is 4.20. The fourth-order valence-corrected chi connectivity index (χ4v) is 6.51. The predicted molar refractivity (Wildman–Crippen MR) is 127 cm³/mol. The summed E-state index contributed by atoms with van der Waals surface area (Å²) in [5.41, 5.74) is 2.10. The normalized spacial score (nSPS) is 19.8. The second kappa shape index (κ2) is 9.05. The van der Waals surface area contributed by atoms with Gasteiger partial charge in [-0.25, -0.2) is 8.42 Å². The summed E-state index contributed by atoms with van der Waals surface area (Å²) in [6.07, 6.45) is 0.874. The maximum atomic E-state index is 13.2. The lowest BCUT2D eigenvalue weighted by Crippen LogP contribution is -2.41. The maximum absolute atomic E-state index is 13.2. The van der Waals surface area contributed by atoms with Gasteiger partial charge in [0.1, 0.15) is 0 Å². The van der Waals surface area contributed by atoms with E-state index in [9.17, 15) is 18.0 Å². The maximum Gasteiger partial charge on any atom is 0.243 e. The fraction of sp³-hybridized carbons (Fsp3) is 0.364. The molecule has 2 aromatic carbocycles. The highest BCUT2D eigenvalue weighted by Crippen LogP contribution is 2.37. The molecule has 0 unspecified atom stereocenters. The number of rotatable bonds is 4. The molecule has 0 spiro atoms. The predicted octanol–water partition coefficient (Wildman–Crippen LogP) is 4.12. The SMILES string of the molecule is Cc1cc(Cl)ccc1NC(=O)C1CCN(S(=O)(=O)c2ccc3c(c2)NC(=O)[C@@H](C)S3)CC1. The smallest absolute Gasteiger partial charge is 0.243 e. The first kappa shape index (κ1) is 23.1. The van der Waals surface area contributed by atoms with Crippen LogP contribution in [0.2, 0.25) is 5.02 Å². The molecule has 2 aromatic rings. The molecule has 170 valence electrons. The number of anilines is 2. The van der Waals surface area contributed by atoms with Crippen molar-refractivity contribution in [2.24, 2.45) is 5.92 Å². The van der Waals surface area contributed by atoms with Gasteiger partial charge in [-0.2, -0.15) is 4.31 Å². The third-order valence-electron chi connectivity index (χ3n) is 5.79. The molecular weight excluding hydrogens is 470 g/mol. The van der Waals surface area contributed by atoms with E-state index in [-0.39, 0.29) is 41.0 Å². The van der Waals surface area contributed by atoms with E-state index in [2.05, 4.69) is 10.6 Å². The Morgan fingerprint density at radius 1 is 1.19 bits per heavy atom. The van der Waals surface area contributed by atoms with Gasteiger partial charge in [0.2, 0.25) is 21.8 Å². The molecule has 0 bridgehead atoms. The lowest BCUT2D eigenvalue weighted by molar-refractivity contribution is -0.121. The molecule has 0 aromatic heterocycles. The molecule has 1 saturated heterocycles. The molecule has 0 aliphatic carbocycles. The Bertz CT molecular complexity index is 1180. The highest BCUT2D eigenvalue weighted by atomic mass is 35.5. The summed E-state index contributed by atoms with van der Waals surface area (Å²) < 4.78 is 27.7. The van der Waals surface area contributed by atoms with Crippen LogP contribution in [0.5, 0.6) is 0 Å². The van der Waals surface area contributed by atoms with Crippen LogP contribution >= 0.6 is 23.4 Å². The highest BCUT2D eigenvalue weighted by molar-refractivity contribution is 8.01. The molecule has 32 heavy (non-hydrogen) atoms. The topological polar surface area (TPSA) is 95.6 Å². The van der Waals surface area contributed by atoms with Crippen LogP contribution in [0.25, 0.3) is 0 Å². The van der Waals surface area contributed by atoms with Crippen molar-refractivity contribution in [1.29, 1.82) is 0 Å². The van der Waals surface area contributed by atoms with Crippen LogP contribution in [0.4, 0.5) is 11.4 Å². The minimum atomic E-state index is -3.72. The number of halogens is 1. The van der Waals surface area contributed by atoms with Crippen molar-refractivity contribution in [2.75, 3.05) is 23.7 Å². The lowest BCUT2D eigenvalue weighted by atomic mass is 9.97. The number of carbonyl (C=O) groups excluding carboxylic acids is 2. The minimum absolute atomic E-state index is 0.116. The molecule has 1 atom stereocenters. The highest BCUT2D eigenvalue weighted by Gasteiger charge is 2.33. The number of thioether (sulfide) groups is 1. The largest absolute Gasteiger partial charge is 0.326 e. The van der Waals surface area contributed by atoms with Crippen molar-refractivity contribution in [3.8, 4) is 0 Å². The Morgan fingerprint density at radius 2 is 1.91 bits per heavy atom. The van der Waals surface area contributed by atoms with Gasteiger partial charge in [-0.3, -0.25) is 9.59 Å². The van der Waals surface area contributed by atoms with Crippen LogP contribution < -0.4 is 10.6 Å². The molecule has 4 rings (SSSR count). The number of nitrogens with one attached hydrogen (secondary N) is 2. The number of benzene rings is 2. The Balaban J connectivity index is 1.42. The summed E-state index contributed by atoms with van der Waals surface area (Å²) in [5, 5.41) is 6.09. The third-order valence-corrected chi connectivity index (χ3v) is 9.10. The number of piperidine rings is 1. The van der Waals surface area contributed by atoms with E-state index in [1.54, 1.807) is 30.3 Å². The number of fused-ring (bicyclic) bond motifs is 1. The van der Waals surface area contributed by atoms with Gasteiger partial charge >= 0.3 is 0 Å². The van der Waals surface area contributed by atoms with Gasteiger partial charge in [0.05, 0.1) is 15.8 Å². The fourth-order valence-electron chi connectivity index (χ4n) is 3.86. The molecule has 2 aliphatic heterocycles. The van der Waals surface area contributed by atoms with Crippen LogP contribution in [0, 0.1) is 12.8 Å². The van der Waals surface area contributed by atoms with E-state index in [1.165, 1.54) is 22.1 Å². The monoisotopic (exact) mass is 493 g/mol. The van der Waals surface area contributed by atoms with E-state index < -0.39 is 10.0 Å². The van der Waals surface area contributed by atoms with Crippen molar-refractivity contribution in [3.63, 3.8) is 0 Å². The number of hydrogen-bond donors (Lipinski definition) is 2. The standard InChI is InChI=1S/C22H24ClN3O4S2/c1-13-11-16(23)3-5-18(13)24-22(28)15-7-9-26(10-8-15)32(29,30)17-4-6-20-19(12-17)25-21(27)14(2)31-20/h3-6,11-12,14-15H,7-10H2,1-2H3,(H,24,28)(H,25,27)/t14-/m1/s1. The Hall–Kier alpha value is -2.07. The summed E-state index contributed by atoms with van der Waals surface area (Å²) in [7, 11) is -3.72. The van der Waals surface area contributed by atoms with Crippen molar-refractivity contribution in [2.45, 2.75) is 41.7 Å². The second-order valence-corrected chi connectivity index (χ2v) is 11.8. The quantitative estimate of drug-likeness (QED) is 0.668. The summed E-state index contributed by atoms with van der Waals surface area (Å²) in [6, 6.07) is 10.1. The number of sulfonamides is 1. The molecule has 2 amide bonds.